The second kappa shape index (κ2) is 31.5. The van der Waals surface area contributed by atoms with E-state index in [9.17, 15) is 78.0 Å². The van der Waals surface area contributed by atoms with Crippen molar-refractivity contribution in [2.75, 3.05) is 6.61 Å². The van der Waals surface area contributed by atoms with Gasteiger partial charge < -0.3 is 80.2 Å². The van der Waals surface area contributed by atoms with Gasteiger partial charge in [0.25, 0.3) is 0 Å². The van der Waals surface area contributed by atoms with Crippen LogP contribution in [0, 0.1) is 5.92 Å². The molecule has 10 amide bonds. The van der Waals surface area contributed by atoms with Crippen LogP contribution in [0.2, 0.25) is 0 Å². The van der Waals surface area contributed by atoms with Crippen molar-refractivity contribution in [1.82, 2.24) is 42.5 Å². The number of rotatable bonds is 34. The third-order valence-corrected chi connectivity index (χ3v) is 10.2. The number of carboxylic acids is 2. The number of aliphatic hydroxyl groups excluding tert-OH is 2. The van der Waals surface area contributed by atoms with E-state index in [0.29, 0.717) is 12.8 Å². The Morgan fingerprint density at radius 3 is 1.26 bits per heavy atom. The summed E-state index contributed by atoms with van der Waals surface area (Å²) in [5.41, 5.74) is 16.2. The van der Waals surface area contributed by atoms with Gasteiger partial charge in [0.1, 0.15) is 54.4 Å². The van der Waals surface area contributed by atoms with Crippen LogP contribution < -0.4 is 59.7 Å². The van der Waals surface area contributed by atoms with Crippen LogP contribution in [0.5, 0.6) is 0 Å². The van der Waals surface area contributed by atoms with Gasteiger partial charge in [-0.3, -0.25) is 57.5 Å². The van der Waals surface area contributed by atoms with Crippen molar-refractivity contribution in [2.45, 2.75) is 173 Å². The van der Waals surface area contributed by atoms with Gasteiger partial charge in [0.15, 0.2) is 0 Å². The Labute approximate surface area is 393 Å². The molecule has 0 aliphatic carbocycles. The van der Waals surface area contributed by atoms with Gasteiger partial charge >= 0.3 is 11.9 Å². The molecule has 0 aromatic rings. The predicted molar refractivity (Wildman–Crippen MR) is 238 cm³/mol. The molecular formula is C41H71N11O16. The van der Waals surface area contributed by atoms with Gasteiger partial charge in [0, 0.05) is 19.3 Å². The van der Waals surface area contributed by atoms with Crippen molar-refractivity contribution < 1.29 is 78.0 Å². The van der Waals surface area contributed by atoms with Gasteiger partial charge in [-0.2, -0.15) is 0 Å². The van der Waals surface area contributed by atoms with Crippen molar-refractivity contribution in [3.63, 3.8) is 0 Å². The Morgan fingerprint density at radius 1 is 0.471 bits per heavy atom. The standard InChI is InChI=1S/C41H71N11O16/c1-7-9-11-23(33(44)60)46-37(64)26(13-16-29(56)57)47-34(61)20(5)45-36(63)24(10-8-2)48-38(65)25(12-15-28(43)55)49-39(66)27(14-17-30(58)59)50-41(68)32(21(6)54)52-40(67)31(19(3)4)51-35(62)22(42)18-53/h19-27,31-32,53-54H,7-18,42H2,1-6H3,(H2,43,55)(H2,44,60)(H,45,63)(H,46,64)(H,47,61)(H,48,65)(H,49,66)(H,50,68)(H,51,62)(H,52,67)(H,56,57)(H,58,59)/t20-,21+,22+,23-,24-,25-,26-,27-,31-,32-/m0/s1. The highest BCUT2D eigenvalue weighted by atomic mass is 16.4. The van der Waals surface area contributed by atoms with Crippen LogP contribution in [-0.4, -0.2) is 159 Å². The molecule has 10 atom stereocenters. The van der Waals surface area contributed by atoms with Crippen LogP contribution in [0.15, 0.2) is 0 Å². The molecule has 0 aromatic carbocycles. The van der Waals surface area contributed by atoms with Gasteiger partial charge in [0.05, 0.1) is 12.7 Å². The molecule has 27 heteroatoms. The van der Waals surface area contributed by atoms with Crippen molar-refractivity contribution in [1.29, 1.82) is 0 Å². The molecule has 0 spiro atoms. The highest BCUT2D eigenvalue weighted by molar-refractivity contribution is 5.98. The number of nitrogens with two attached hydrogens (primary N) is 3. The minimum atomic E-state index is -1.81. The summed E-state index contributed by atoms with van der Waals surface area (Å²) in [4.78, 5) is 153. The number of unbranched alkanes of at least 4 members (excludes halogenated alkanes) is 1. The van der Waals surface area contributed by atoms with E-state index < -0.39 is 183 Å². The monoisotopic (exact) mass is 974 g/mol. The number of carbonyl (C=O) groups is 12. The summed E-state index contributed by atoms with van der Waals surface area (Å²) in [6.45, 7) is 8.14. The van der Waals surface area contributed by atoms with Crippen molar-refractivity contribution in [3.8, 4) is 0 Å². The third-order valence-electron chi connectivity index (χ3n) is 10.2. The molecule has 386 valence electrons. The fourth-order valence-corrected chi connectivity index (χ4v) is 6.16. The average Bonchev–Trinajstić information content (AvgIpc) is 3.25. The summed E-state index contributed by atoms with van der Waals surface area (Å²) in [6, 6.07) is -13.4. The Morgan fingerprint density at radius 2 is 0.868 bits per heavy atom. The first-order valence-electron chi connectivity index (χ1n) is 22.2. The predicted octanol–water partition coefficient (Wildman–Crippen LogP) is -5.29. The summed E-state index contributed by atoms with van der Waals surface area (Å²) in [5.74, 6) is -13.2. The zero-order valence-corrected chi connectivity index (χ0v) is 39.3. The first-order valence-corrected chi connectivity index (χ1v) is 22.2. The van der Waals surface area contributed by atoms with Crippen molar-refractivity contribution in [2.24, 2.45) is 23.1 Å². The van der Waals surface area contributed by atoms with E-state index in [2.05, 4.69) is 42.5 Å². The second-order valence-electron chi connectivity index (χ2n) is 16.5. The molecule has 0 saturated carbocycles. The first-order chi connectivity index (χ1) is 31.7. The molecule has 0 aliphatic heterocycles. The molecule has 0 heterocycles. The van der Waals surface area contributed by atoms with Crippen LogP contribution in [0.4, 0.5) is 0 Å². The Kier molecular flexibility index (Phi) is 28.5. The van der Waals surface area contributed by atoms with E-state index in [0.717, 1.165) is 6.92 Å². The summed E-state index contributed by atoms with van der Waals surface area (Å²) in [5, 5.41) is 57.1. The first kappa shape index (κ1) is 61.5. The number of aliphatic carboxylic acids is 2. The lowest BCUT2D eigenvalue weighted by Gasteiger charge is -2.29. The number of carbonyl (C=O) groups excluding carboxylic acids is 10. The molecule has 0 fully saturated rings. The number of carboxylic acid groups (broad SMARTS) is 2. The van der Waals surface area contributed by atoms with E-state index in [1.807, 2.05) is 6.92 Å². The molecule has 0 bridgehead atoms. The highest BCUT2D eigenvalue weighted by Gasteiger charge is 2.36. The fourth-order valence-electron chi connectivity index (χ4n) is 6.16. The van der Waals surface area contributed by atoms with Gasteiger partial charge in [-0.05, 0) is 51.9 Å². The van der Waals surface area contributed by atoms with Crippen LogP contribution in [-0.2, 0) is 57.5 Å². The summed E-state index contributed by atoms with van der Waals surface area (Å²) < 4.78 is 0. The molecule has 27 nitrogen and oxygen atoms in total. The molecular weight excluding hydrogens is 903 g/mol. The van der Waals surface area contributed by atoms with Gasteiger partial charge in [-0.25, -0.2) is 0 Å². The molecule has 0 radical (unpaired) electrons. The lowest BCUT2D eigenvalue weighted by Crippen LogP contribution is -2.62. The Hall–Kier alpha value is -6.48. The van der Waals surface area contributed by atoms with Crippen LogP contribution in [0.1, 0.15) is 112 Å². The maximum atomic E-state index is 13.8. The van der Waals surface area contributed by atoms with Gasteiger partial charge in [-0.1, -0.05) is 47.0 Å². The molecule has 0 rings (SSSR count). The quantitative estimate of drug-likeness (QED) is 0.0286. The maximum absolute atomic E-state index is 13.8. The van der Waals surface area contributed by atoms with E-state index in [-0.39, 0.29) is 19.3 Å². The molecule has 18 N–H and O–H groups in total. The summed E-state index contributed by atoms with van der Waals surface area (Å²) in [6.07, 6.45) is -3.36. The van der Waals surface area contributed by atoms with Crippen molar-refractivity contribution >= 4 is 71.0 Å². The molecule has 0 saturated heterocycles. The van der Waals surface area contributed by atoms with Crippen LogP contribution >= 0.6 is 0 Å². The number of nitrogens with one attached hydrogen (secondary N) is 8. The van der Waals surface area contributed by atoms with E-state index in [1.165, 1.54) is 20.8 Å². The maximum Gasteiger partial charge on any atom is 0.303 e. The van der Waals surface area contributed by atoms with Crippen LogP contribution in [0.3, 0.4) is 0 Å². The minimum Gasteiger partial charge on any atom is -0.481 e. The number of aliphatic hydroxyl groups is 2. The normalized spacial score (nSPS) is 15.4. The molecule has 0 aliphatic rings. The number of amides is 10. The number of hydrogen-bond acceptors (Lipinski definition) is 15. The zero-order chi connectivity index (χ0) is 52.4. The van der Waals surface area contributed by atoms with E-state index >= 15 is 0 Å². The third kappa shape index (κ3) is 23.3. The second-order valence-corrected chi connectivity index (χ2v) is 16.5. The number of hydrogen-bond donors (Lipinski definition) is 15. The topological polar surface area (TPSA) is 460 Å². The summed E-state index contributed by atoms with van der Waals surface area (Å²) >= 11 is 0. The lowest BCUT2D eigenvalue weighted by molar-refractivity contribution is -0.139. The fraction of sp³-hybridized carbons (Fsp3) is 0.707. The highest BCUT2D eigenvalue weighted by Crippen LogP contribution is 2.10. The molecule has 68 heavy (non-hydrogen) atoms. The summed E-state index contributed by atoms with van der Waals surface area (Å²) in [7, 11) is 0. The van der Waals surface area contributed by atoms with E-state index in [1.54, 1.807) is 6.92 Å². The van der Waals surface area contributed by atoms with Gasteiger partial charge in [0.2, 0.25) is 59.1 Å². The Balaban J connectivity index is 6.39. The number of primary amides is 2. The average molecular weight is 974 g/mol. The van der Waals surface area contributed by atoms with E-state index in [4.69, 9.17) is 17.2 Å². The largest absolute Gasteiger partial charge is 0.481 e. The lowest BCUT2D eigenvalue weighted by atomic mass is 10.0. The van der Waals surface area contributed by atoms with Crippen LogP contribution in [0.25, 0.3) is 0 Å². The molecule has 0 unspecified atom stereocenters. The smallest absolute Gasteiger partial charge is 0.303 e. The SMILES string of the molecule is CCCC[C@H](NC(=O)[C@H](CCC(=O)O)NC(=O)[C@H](C)NC(=O)[C@H](CCC)NC(=O)[C@H](CCC(N)=O)NC(=O)[C@H](CCC(=O)O)NC(=O)[C@@H](NC(=O)[C@@H](NC(=O)[C@H](N)CO)C(C)C)[C@@H](C)O)C(N)=O. The Bertz CT molecular complexity index is 1780. The molecule has 0 aromatic heterocycles. The van der Waals surface area contributed by atoms with Crippen molar-refractivity contribution in [3.05, 3.63) is 0 Å². The zero-order valence-electron chi connectivity index (χ0n) is 39.3. The minimum absolute atomic E-state index is 0.0579. The van der Waals surface area contributed by atoms with Gasteiger partial charge in [-0.15, -0.1) is 0 Å².